The minimum absolute atomic E-state index is 0.193. The number of hydrogen-bond acceptors (Lipinski definition) is 5. The van der Waals surface area contributed by atoms with Crippen LogP contribution in [-0.4, -0.2) is 31.8 Å². The van der Waals surface area contributed by atoms with E-state index in [1.54, 1.807) is 0 Å². The standard InChI is InChI=1S/C25H39BrO5/c1-2-3-4-5-6-7-8-9-10-11-19-30-24(27)13-12-14-25(28)31-21-20-29-23-17-15-22(26)16-18-23/h15-18H,2-14,19-21H2,1H3. The molecule has 1 aromatic carbocycles. The largest absolute Gasteiger partial charge is 0.490 e. The summed E-state index contributed by atoms with van der Waals surface area (Å²) in [6.07, 6.45) is 13.5. The van der Waals surface area contributed by atoms with Gasteiger partial charge in [-0.25, -0.2) is 0 Å². The molecule has 0 aromatic heterocycles. The van der Waals surface area contributed by atoms with E-state index in [2.05, 4.69) is 22.9 Å². The summed E-state index contributed by atoms with van der Waals surface area (Å²) in [6.45, 7) is 3.21. The Bertz CT molecular complexity index is 588. The molecule has 0 fully saturated rings. The van der Waals surface area contributed by atoms with Gasteiger partial charge in [0.05, 0.1) is 6.61 Å². The average molecular weight is 499 g/mol. The van der Waals surface area contributed by atoms with E-state index in [1.807, 2.05) is 24.3 Å². The maximum absolute atomic E-state index is 11.7. The highest BCUT2D eigenvalue weighted by Crippen LogP contribution is 2.16. The van der Waals surface area contributed by atoms with Crippen molar-refractivity contribution in [3.8, 4) is 5.75 Å². The minimum Gasteiger partial charge on any atom is -0.490 e. The van der Waals surface area contributed by atoms with Crippen LogP contribution in [0.15, 0.2) is 28.7 Å². The van der Waals surface area contributed by atoms with Crippen LogP contribution < -0.4 is 4.74 Å². The van der Waals surface area contributed by atoms with E-state index < -0.39 is 0 Å². The van der Waals surface area contributed by atoms with Gasteiger partial charge in [0.15, 0.2) is 0 Å². The van der Waals surface area contributed by atoms with Crippen LogP contribution in [0.2, 0.25) is 0 Å². The normalized spacial score (nSPS) is 10.6. The van der Waals surface area contributed by atoms with E-state index in [0.717, 1.165) is 23.1 Å². The predicted molar refractivity (Wildman–Crippen MR) is 127 cm³/mol. The highest BCUT2D eigenvalue weighted by molar-refractivity contribution is 9.10. The Morgan fingerprint density at radius 1 is 0.677 bits per heavy atom. The van der Waals surface area contributed by atoms with Crippen molar-refractivity contribution < 1.29 is 23.8 Å². The van der Waals surface area contributed by atoms with Gasteiger partial charge in [-0.2, -0.15) is 0 Å². The second kappa shape index (κ2) is 19.1. The van der Waals surface area contributed by atoms with Gasteiger partial charge in [0.25, 0.3) is 0 Å². The highest BCUT2D eigenvalue weighted by Gasteiger charge is 2.07. The number of halogens is 1. The van der Waals surface area contributed by atoms with Crippen LogP contribution in [0.3, 0.4) is 0 Å². The maximum Gasteiger partial charge on any atom is 0.305 e. The monoisotopic (exact) mass is 498 g/mol. The Balaban J connectivity index is 1.87. The number of carbonyl (C=O) groups excluding carboxylic acids is 2. The summed E-state index contributed by atoms with van der Waals surface area (Å²) in [6, 6.07) is 7.45. The van der Waals surface area contributed by atoms with Crippen molar-refractivity contribution >= 4 is 27.9 Å². The van der Waals surface area contributed by atoms with Crippen LogP contribution in [0.5, 0.6) is 5.75 Å². The van der Waals surface area contributed by atoms with Gasteiger partial charge in [-0.3, -0.25) is 9.59 Å². The second-order valence-electron chi connectivity index (χ2n) is 7.78. The SMILES string of the molecule is CCCCCCCCCCCCOC(=O)CCCC(=O)OCCOc1ccc(Br)cc1. The first-order chi connectivity index (χ1) is 15.1. The fraction of sp³-hybridized carbons (Fsp3) is 0.680. The molecule has 1 aromatic rings. The summed E-state index contributed by atoms with van der Waals surface area (Å²) in [5, 5.41) is 0. The van der Waals surface area contributed by atoms with Gasteiger partial charge in [0, 0.05) is 17.3 Å². The third kappa shape index (κ3) is 16.8. The van der Waals surface area contributed by atoms with Crippen LogP contribution in [0.25, 0.3) is 0 Å². The number of ether oxygens (including phenoxy) is 3. The van der Waals surface area contributed by atoms with Gasteiger partial charge >= 0.3 is 11.9 Å². The number of unbranched alkanes of at least 4 members (excludes halogenated alkanes) is 9. The first kappa shape index (κ1) is 27.5. The first-order valence-corrected chi connectivity index (χ1v) is 12.6. The van der Waals surface area contributed by atoms with E-state index in [1.165, 1.54) is 51.4 Å². The molecule has 0 aliphatic heterocycles. The molecule has 0 atom stereocenters. The van der Waals surface area contributed by atoms with Crippen molar-refractivity contribution in [1.82, 2.24) is 0 Å². The van der Waals surface area contributed by atoms with Crippen molar-refractivity contribution in [3.63, 3.8) is 0 Å². The molecule has 0 amide bonds. The topological polar surface area (TPSA) is 61.8 Å². The molecule has 1 rings (SSSR count). The minimum atomic E-state index is -0.318. The Labute approximate surface area is 196 Å². The Morgan fingerprint density at radius 2 is 1.19 bits per heavy atom. The van der Waals surface area contributed by atoms with Gasteiger partial charge in [-0.15, -0.1) is 0 Å². The lowest BCUT2D eigenvalue weighted by Crippen LogP contribution is -2.13. The molecule has 0 radical (unpaired) electrons. The van der Waals surface area contributed by atoms with E-state index >= 15 is 0 Å². The Kier molecular flexibility index (Phi) is 17.0. The highest BCUT2D eigenvalue weighted by atomic mass is 79.9. The zero-order valence-electron chi connectivity index (χ0n) is 19.0. The van der Waals surface area contributed by atoms with Gasteiger partial charge in [0.1, 0.15) is 19.0 Å². The summed E-state index contributed by atoms with van der Waals surface area (Å²) in [7, 11) is 0. The first-order valence-electron chi connectivity index (χ1n) is 11.8. The average Bonchev–Trinajstić information content (AvgIpc) is 2.76. The molecule has 0 aliphatic carbocycles. The van der Waals surface area contributed by atoms with E-state index in [4.69, 9.17) is 14.2 Å². The molecule has 176 valence electrons. The molecule has 0 saturated heterocycles. The zero-order valence-corrected chi connectivity index (χ0v) is 20.6. The molecule has 31 heavy (non-hydrogen) atoms. The molecule has 0 bridgehead atoms. The van der Waals surface area contributed by atoms with Crippen LogP contribution in [0.4, 0.5) is 0 Å². The van der Waals surface area contributed by atoms with Crippen molar-refractivity contribution in [2.75, 3.05) is 19.8 Å². The van der Waals surface area contributed by atoms with E-state index in [-0.39, 0.29) is 31.4 Å². The molecular formula is C25H39BrO5. The second-order valence-corrected chi connectivity index (χ2v) is 8.69. The predicted octanol–water partition coefficient (Wildman–Crippen LogP) is 7.01. The maximum atomic E-state index is 11.7. The fourth-order valence-corrected chi connectivity index (χ4v) is 3.41. The molecule has 0 saturated carbocycles. The molecule has 0 heterocycles. The molecule has 0 spiro atoms. The van der Waals surface area contributed by atoms with E-state index in [0.29, 0.717) is 19.6 Å². The number of hydrogen-bond donors (Lipinski definition) is 0. The summed E-state index contributed by atoms with van der Waals surface area (Å²) >= 11 is 3.36. The lowest BCUT2D eigenvalue weighted by Gasteiger charge is -2.08. The molecule has 0 aliphatic rings. The van der Waals surface area contributed by atoms with Crippen LogP contribution in [-0.2, 0) is 19.1 Å². The quantitative estimate of drug-likeness (QED) is 0.151. The number of benzene rings is 1. The third-order valence-electron chi connectivity index (χ3n) is 4.95. The Hall–Kier alpha value is -1.56. The molecule has 0 unspecified atom stereocenters. The molecule has 6 heteroatoms. The number of esters is 2. The fourth-order valence-electron chi connectivity index (χ4n) is 3.14. The van der Waals surface area contributed by atoms with Gasteiger partial charge in [-0.05, 0) is 37.1 Å². The van der Waals surface area contributed by atoms with Crippen molar-refractivity contribution in [1.29, 1.82) is 0 Å². The zero-order chi connectivity index (χ0) is 22.6. The van der Waals surface area contributed by atoms with E-state index in [9.17, 15) is 9.59 Å². The smallest absolute Gasteiger partial charge is 0.305 e. The molecule has 5 nitrogen and oxygen atoms in total. The Morgan fingerprint density at radius 3 is 1.77 bits per heavy atom. The van der Waals surface area contributed by atoms with Crippen LogP contribution in [0, 0.1) is 0 Å². The summed E-state index contributed by atoms with van der Waals surface area (Å²) < 4.78 is 16.8. The van der Waals surface area contributed by atoms with Gasteiger partial charge < -0.3 is 14.2 Å². The van der Waals surface area contributed by atoms with Crippen molar-refractivity contribution in [2.45, 2.75) is 90.4 Å². The molecule has 0 N–H and O–H groups in total. The van der Waals surface area contributed by atoms with Crippen LogP contribution in [0.1, 0.15) is 90.4 Å². The summed E-state index contributed by atoms with van der Waals surface area (Å²) in [5.74, 6) is 0.175. The number of rotatable bonds is 19. The van der Waals surface area contributed by atoms with Gasteiger partial charge in [-0.1, -0.05) is 80.6 Å². The van der Waals surface area contributed by atoms with Gasteiger partial charge in [0.2, 0.25) is 0 Å². The summed E-state index contributed by atoms with van der Waals surface area (Å²) in [4.78, 5) is 23.4. The van der Waals surface area contributed by atoms with Crippen molar-refractivity contribution in [2.24, 2.45) is 0 Å². The number of carbonyl (C=O) groups is 2. The lowest BCUT2D eigenvalue weighted by atomic mass is 10.1. The van der Waals surface area contributed by atoms with Crippen LogP contribution >= 0.6 is 15.9 Å². The summed E-state index contributed by atoms with van der Waals surface area (Å²) in [5.41, 5.74) is 0. The molecular weight excluding hydrogens is 460 g/mol. The van der Waals surface area contributed by atoms with Crippen molar-refractivity contribution in [3.05, 3.63) is 28.7 Å². The lowest BCUT2D eigenvalue weighted by molar-refractivity contribution is -0.146. The third-order valence-corrected chi connectivity index (χ3v) is 5.48.